The molecule has 0 radical (unpaired) electrons. The fraction of sp³-hybridized carbons (Fsp3) is 1.00. The fourth-order valence-corrected chi connectivity index (χ4v) is 3.73. The van der Waals surface area contributed by atoms with Gasteiger partial charge in [-0.2, -0.15) is 0 Å². The van der Waals surface area contributed by atoms with E-state index in [9.17, 15) is 9.50 Å². The number of halogens is 1. The van der Waals surface area contributed by atoms with E-state index in [-0.39, 0.29) is 13.0 Å². The largest absolute Gasteiger partial charge is 0.390 e. The van der Waals surface area contributed by atoms with Crippen LogP contribution in [0.3, 0.4) is 0 Å². The van der Waals surface area contributed by atoms with E-state index in [4.69, 9.17) is 31.6 Å². The number of alkyl halides is 1. The van der Waals surface area contributed by atoms with Crippen molar-refractivity contribution in [3.05, 3.63) is 41.8 Å². The molecule has 0 bridgehead atoms. The Hall–Kier alpha value is -2.95. The molecule has 0 amide bonds. The Balaban J connectivity index is 2.33. The zero-order valence-electron chi connectivity index (χ0n) is 16.2. The van der Waals surface area contributed by atoms with Gasteiger partial charge in [-0.15, -0.1) is 0 Å². The Labute approximate surface area is 169 Å². The van der Waals surface area contributed by atoms with Crippen molar-refractivity contribution in [1.29, 1.82) is 0 Å². The highest BCUT2D eigenvalue weighted by Gasteiger charge is 2.49. The SMILES string of the molecule is C[C@@H]1[C@@H](O)[C@H](O[C@H]2O[C@H](CN=[N+]=[N-])[C@@H](C)[C@H](F)[C@H]2N=[N+]=[N-])[C@@H](N=[N+]=[N-])C[C@H]1N=[N+]=[N-]. The molecule has 2 aliphatic rings. The van der Waals surface area contributed by atoms with E-state index in [2.05, 4.69) is 40.1 Å². The molecule has 0 spiro atoms. The van der Waals surface area contributed by atoms with Crippen molar-refractivity contribution in [2.45, 2.75) is 69.2 Å². The number of hydrogen-bond donors (Lipinski definition) is 1. The maximum atomic E-state index is 14.9. The van der Waals surface area contributed by atoms with Gasteiger partial charge in [0.2, 0.25) is 0 Å². The maximum Gasteiger partial charge on any atom is 0.169 e. The molecule has 2 rings (SSSR count). The van der Waals surface area contributed by atoms with Crippen molar-refractivity contribution < 1.29 is 19.0 Å². The van der Waals surface area contributed by atoms with Crippen LogP contribution in [0, 0.1) is 11.8 Å². The molecule has 1 heterocycles. The molecule has 15 nitrogen and oxygen atoms in total. The molecule has 2 fully saturated rings. The number of nitrogens with zero attached hydrogens (tertiary/aromatic N) is 12. The van der Waals surface area contributed by atoms with Gasteiger partial charge in [0.05, 0.1) is 30.9 Å². The Kier molecular flexibility index (Phi) is 8.34. The number of aliphatic hydroxyl groups excluding tert-OH is 1. The van der Waals surface area contributed by atoms with Gasteiger partial charge in [-0.05, 0) is 34.5 Å². The molecule has 16 heteroatoms. The average molecular weight is 424 g/mol. The van der Waals surface area contributed by atoms with E-state index < -0.39 is 60.7 Å². The second-order valence-electron chi connectivity index (χ2n) is 7.19. The Morgan fingerprint density at radius 1 is 1.00 bits per heavy atom. The molecule has 0 unspecified atom stereocenters. The van der Waals surface area contributed by atoms with Crippen molar-refractivity contribution in [2.24, 2.45) is 32.3 Å². The van der Waals surface area contributed by atoms with Gasteiger partial charge in [0, 0.05) is 31.6 Å². The Morgan fingerprint density at radius 2 is 1.63 bits per heavy atom. The van der Waals surface area contributed by atoms with Crippen LogP contribution in [-0.2, 0) is 9.47 Å². The quantitative estimate of drug-likeness (QED) is 0.364. The minimum atomic E-state index is -1.68. The van der Waals surface area contributed by atoms with Gasteiger partial charge in [0.15, 0.2) is 6.29 Å². The van der Waals surface area contributed by atoms with E-state index in [1.54, 1.807) is 6.92 Å². The number of azide groups is 4. The van der Waals surface area contributed by atoms with Gasteiger partial charge in [-0.25, -0.2) is 4.39 Å². The van der Waals surface area contributed by atoms with E-state index in [1.165, 1.54) is 6.92 Å². The lowest BCUT2D eigenvalue weighted by Gasteiger charge is -2.45. The lowest BCUT2D eigenvalue weighted by atomic mass is 9.79. The molecule has 1 aliphatic heterocycles. The smallest absolute Gasteiger partial charge is 0.169 e. The highest BCUT2D eigenvalue weighted by atomic mass is 19.1. The number of aliphatic hydroxyl groups is 1. The first-order valence-electron chi connectivity index (χ1n) is 9.16. The molecule has 10 atom stereocenters. The topological polar surface area (TPSA) is 234 Å². The van der Waals surface area contributed by atoms with E-state index >= 15 is 0 Å². The van der Waals surface area contributed by atoms with Crippen molar-refractivity contribution in [3.63, 3.8) is 0 Å². The van der Waals surface area contributed by atoms with Crippen LogP contribution < -0.4 is 0 Å². The van der Waals surface area contributed by atoms with E-state index in [0.717, 1.165) is 0 Å². The summed E-state index contributed by atoms with van der Waals surface area (Å²) in [6, 6.07) is -2.97. The summed E-state index contributed by atoms with van der Waals surface area (Å²) < 4.78 is 26.4. The minimum absolute atomic E-state index is 0.0908. The van der Waals surface area contributed by atoms with Crippen LogP contribution in [-0.4, -0.2) is 60.6 Å². The average Bonchev–Trinajstić information content (AvgIpc) is 2.73. The summed E-state index contributed by atoms with van der Waals surface area (Å²) in [5.74, 6) is -1.32. The summed E-state index contributed by atoms with van der Waals surface area (Å²) in [4.78, 5) is 10.8. The van der Waals surface area contributed by atoms with Crippen molar-refractivity contribution in [1.82, 2.24) is 0 Å². The molecule has 0 aromatic heterocycles. The second-order valence-corrected chi connectivity index (χ2v) is 7.19. The first kappa shape index (κ1) is 23.3. The summed E-state index contributed by atoms with van der Waals surface area (Å²) in [5.41, 5.74) is 35.0. The lowest BCUT2D eigenvalue weighted by molar-refractivity contribution is -0.267. The van der Waals surface area contributed by atoms with Crippen LogP contribution in [0.4, 0.5) is 4.39 Å². The molecule has 1 N–H and O–H groups in total. The Morgan fingerprint density at radius 3 is 2.23 bits per heavy atom. The third-order valence-corrected chi connectivity index (χ3v) is 5.55. The third-order valence-electron chi connectivity index (χ3n) is 5.55. The monoisotopic (exact) mass is 424 g/mol. The van der Waals surface area contributed by atoms with Gasteiger partial charge in [-0.1, -0.05) is 34.3 Å². The third kappa shape index (κ3) is 4.96. The number of ether oxygens (including phenoxy) is 2. The van der Waals surface area contributed by atoms with Crippen LogP contribution in [0.15, 0.2) is 20.5 Å². The van der Waals surface area contributed by atoms with Crippen molar-refractivity contribution in [2.75, 3.05) is 6.54 Å². The fourth-order valence-electron chi connectivity index (χ4n) is 3.73. The van der Waals surface area contributed by atoms with Gasteiger partial charge in [0.1, 0.15) is 12.2 Å². The summed E-state index contributed by atoms with van der Waals surface area (Å²) in [6.07, 6.45) is -6.25. The normalized spacial score (nSPS) is 40.7. The standard InChI is InChI=1S/C14H21FN12O3/c1-5-7(21-25-17)3-8(22-26-18)13(12(5)28)30-14-11(23-27-19)10(15)6(2)9(29-14)4-20-24-16/h5-14,28H,3-4H2,1-2H3/t5-,6+,7+,8-,9+,10-,11+,12+,13+,14+/m0/s1. The van der Waals surface area contributed by atoms with Crippen molar-refractivity contribution in [3.8, 4) is 0 Å². The molecular formula is C14H21FN12O3. The zero-order valence-corrected chi connectivity index (χ0v) is 16.2. The molecule has 1 aliphatic carbocycles. The van der Waals surface area contributed by atoms with Crippen LogP contribution in [0.1, 0.15) is 20.3 Å². The molecule has 162 valence electrons. The van der Waals surface area contributed by atoms with Gasteiger partial charge >= 0.3 is 0 Å². The van der Waals surface area contributed by atoms with Crippen LogP contribution in [0.25, 0.3) is 41.8 Å². The summed E-state index contributed by atoms with van der Waals surface area (Å²) >= 11 is 0. The predicted molar refractivity (Wildman–Crippen MR) is 100 cm³/mol. The maximum absolute atomic E-state index is 14.9. The van der Waals surface area contributed by atoms with Gasteiger partial charge in [-0.3, -0.25) is 0 Å². The van der Waals surface area contributed by atoms with Gasteiger partial charge < -0.3 is 14.6 Å². The highest BCUT2D eigenvalue weighted by Crippen LogP contribution is 2.36. The number of rotatable bonds is 7. The van der Waals surface area contributed by atoms with Crippen molar-refractivity contribution >= 4 is 0 Å². The molecular weight excluding hydrogens is 403 g/mol. The highest BCUT2D eigenvalue weighted by molar-refractivity contribution is 5.00. The lowest BCUT2D eigenvalue weighted by Crippen LogP contribution is -2.58. The molecule has 0 aromatic carbocycles. The summed E-state index contributed by atoms with van der Waals surface area (Å²) in [5, 5.41) is 24.8. The Bertz CT molecular complexity index is 802. The van der Waals surface area contributed by atoms with Gasteiger partial charge in [0.25, 0.3) is 0 Å². The minimum Gasteiger partial charge on any atom is -0.390 e. The summed E-state index contributed by atoms with van der Waals surface area (Å²) in [6.45, 7) is 2.97. The van der Waals surface area contributed by atoms with Crippen LogP contribution in [0.5, 0.6) is 0 Å². The molecule has 1 saturated carbocycles. The predicted octanol–water partition coefficient (Wildman–Crippen LogP) is 3.82. The molecule has 0 aromatic rings. The zero-order chi connectivity index (χ0) is 22.3. The van der Waals surface area contributed by atoms with Crippen LogP contribution in [0.2, 0.25) is 0 Å². The first-order valence-corrected chi connectivity index (χ1v) is 9.16. The molecule has 30 heavy (non-hydrogen) atoms. The first-order chi connectivity index (χ1) is 14.4. The van der Waals surface area contributed by atoms with E-state index in [0.29, 0.717) is 0 Å². The second kappa shape index (κ2) is 10.7. The van der Waals surface area contributed by atoms with E-state index in [1.807, 2.05) is 0 Å². The number of hydrogen-bond acceptors (Lipinski definition) is 7. The van der Waals surface area contributed by atoms with Crippen LogP contribution >= 0.6 is 0 Å². The summed E-state index contributed by atoms with van der Waals surface area (Å²) in [7, 11) is 0. The molecule has 1 saturated heterocycles.